The van der Waals surface area contributed by atoms with Crippen LogP contribution in [0.5, 0.6) is 0 Å². The third-order valence-corrected chi connectivity index (χ3v) is 3.99. The number of anilines is 1. The summed E-state index contributed by atoms with van der Waals surface area (Å²) in [6.07, 6.45) is 1.04. The lowest BCUT2D eigenvalue weighted by molar-refractivity contribution is 0.397. The van der Waals surface area contributed by atoms with E-state index in [0.717, 1.165) is 25.2 Å². The van der Waals surface area contributed by atoms with E-state index in [0.29, 0.717) is 16.1 Å². The molecule has 0 aliphatic carbocycles. The second-order valence-electron chi connectivity index (χ2n) is 4.73. The number of rotatable bonds is 2. The molecule has 0 saturated carbocycles. The highest BCUT2D eigenvalue weighted by molar-refractivity contribution is 6.39. The molecule has 1 heterocycles. The van der Waals surface area contributed by atoms with Gasteiger partial charge in [0.1, 0.15) is 5.82 Å². The minimum Gasteiger partial charge on any atom is -0.364 e. The Morgan fingerprint density at radius 3 is 2.56 bits per heavy atom. The van der Waals surface area contributed by atoms with Gasteiger partial charge < -0.3 is 10.2 Å². The number of hydrogen-bond donors (Lipinski definition) is 1. The molecule has 0 amide bonds. The van der Waals surface area contributed by atoms with E-state index >= 15 is 0 Å². The topological polar surface area (TPSA) is 15.3 Å². The summed E-state index contributed by atoms with van der Waals surface area (Å²) in [5, 5.41) is 4.22. The molecular weight excluding hydrogens is 274 g/mol. The van der Waals surface area contributed by atoms with Crippen LogP contribution in [0, 0.1) is 5.82 Å². The van der Waals surface area contributed by atoms with Gasteiger partial charge in [0.25, 0.3) is 0 Å². The molecule has 0 spiro atoms. The summed E-state index contributed by atoms with van der Waals surface area (Å²) in [5.74, 6) is -0.399. The van der Waals surface area contributed by atoms with Gasteiger partial charge in [-0.25, -0.2) is 4.39 Å². The first-order chi connectivity index (χ1) is 8.52. The molecule has 2 rings (SSSR count). The van der Waals surface area contributed by atoms with Crippen LogP contribution >= 0.6 is 23.2 Å². The quantitative estimate of drug-likeness (QED) is 0.893. The normalized spacial score (nSPS) is 24.4. The predicted octanol–water partition coefficient (Wildman–Crippen LogP) is 3.71. The Morgan fingerprint density at radius 2 is 2.00 bits per heavy atom. The summed E-state index contributed by atoms with van der Waals surface area (Å²) in [7, 11) is 0. The van der Waals surface area contributed by atoms with Crippen LogP contribution in [-0.4, -0.2) is 25.2 Å². The molecule has 5 heteroatoms. The molecule has 1 aliphatic heterocycles. The summed E-state index contributed by atoms with van der Waals surface area (Å²) in [5.41, 5.74) is 0.743. The summed E-state index contributed by atoms with van der Waals surface area (Å²) < 4.78 is 13.2. The van der Waals surface area contributed by atoms with Crippen molar-refractivity contribution in [1.29, 1.82) is 0 Å². The lowest BCUT2D eigenvalue weighted by Gasteiger charge is -2.41. The van der Waals surface area contributed by atoms with Crippen molar-refractivity contribution in [2.24, 2.45) is 0 Å². The van der Waals surface area contributed by atoms with E-state index in [1.165, 1.54) is 12.1 Å². The van der Waals surface area contributed by atoms with E-state index in [-0.39, 0.29) is 6.04 Å². The van der Waals surface area contributed by atoms with Crippen LogP contribution < -0.4 is 10.2 Å². The number of nitrogens with zero attached hydrogens (tertiary/aromatic N) is 1. The third-order valence-electron chi connectivity index (χ3n) is 3.41. The van der Waals surface area contributed by atoms with Crippen molar-refractivity contribution in [2.75, 3.05) is 18.0 Å². The Balaban J connectivity index is 2.34. The number of nitrogens with one attached hydrogen (secondary N) is 1. The van der Waals surface area contributed by atoms with Gasteiger partial charge in [0, 0.05) is 25.2 Å². The van der Waals surface area contributed by atoms with Crippen molar-refractivity contribution in [3.05, 3.63) is 28.0 Å². The predicted molar refractivity (Wildman–Crippen MR) is 75.3 cm³/mol. The fraction of sp³-hybridized carbons (Fsp3) is 0.538. The van der Waals surface area contributed by atoms with Gasteiger partial charge in [0.05, 0.1) is 15.7 Å². The SMILES string of the molecule is CCC1CN(c2c(Cl)cc(F)cc2Cl)C(C)CN1. The molecule has 18 heavy (non-hydrogen) atoms. The van der Waals surface area contributed by atoms with E-state index in [1.54, 1.807) is 0 Å². The number of hydrogen-bond acceptors (Lipinski definition) is 2. The average Bonchev–Trinajstić information content (AvgIpc) is 2.30. The van der Waals surface area contributed by atoms with Crippen LogP contribution in [0.4, 0.5) is 10.1 Å². The Hall–Kier alpha value is -0.510. The highest BCUT2D eigenvalue weighted by atomic mass is 35.5. The highest BCUT2D eigenvalue weighted by Crippen LogP contribution is 2.36. The molecule has 2 unspecified atom stereocenters. The molecule has 1 aliphatic rings. The molecule has 1 saturated heterocycles. The van der Waals surface area contributed by atoms with Crippen molar-refractivity contribution < 1.29 is 4.39 Å². The maximum absolute atomic E-state index is 13.2. The van der Waals surface area contributed by atoms with Crippen molar-refractivity contribution in [3.63, 3.8) is 0 Å². The van der Waals surface area contributed by atoms with Crippen molar-refractivity contribution >= 4 is 28.9 Å². The van der Waals surface area contributed by atoms with Gasteiger partial charge in [0.15, 0.2) is 0 Å². The number of benzene rings is 1. The molecule has 2 nitrogen and oxygen atoms in total. The Morgan fingerprint density at radius 1 is 1.39 bits per heavy atom. The standard InChI is InChI=1S/C13H17Cl2FN2/c1-3-10-7-18(8(2)6-17-10)13-11(14)4-9(16)5-12(13)15/h4-5,8,10,17H,3,6-7H2,1-2H3. The molecule has 1 N–H and O–H groups in total. The molecule has 1 fully saturated rings. The zero-order valence-electron chi connectivity index (χ0n) is 10.5. The van der Waals surface area contributed by atoms with Gasteiger partial charge in [-0.2, -0.15) is 0 Å². The van der Waals surface area contributed by atoms with E-state index in [1.807, 2.05) is 0 Å². The highest BCUT2D eigenvalue weighted by Gasteiger charge is 2.27. The van der Waals surface area contributed by atoms with Crippen LogP contribution in [0.25, 0.3) is 0 Å². The minimum atomic E-state index is -0.399. The maximum atomic E-state index is 13.2. The van der Waals surface area contributed by atoms with Gasteiger partial charge in [-0.3, -0.25) is 0 Å². The first kappa shape index (κ1) is 13.9. The zero-order chi connectivity index (χ0) is 13.3. The van der Waals surface area contributed by atoms with Gasteiger partial charge >= 0.3 is 0 Å². The summed E-state index contributed by atoms with van der Waals surface area (Å²) in [4.78, 5) is 2.16. The van der Waals surface area contributed by atoms with E-state index in [9.17, 15) is 4.39 Å². The fourth-order valence-corrected chi connectivity index (χ4v) is 3.00. The lowest BCUT2D eigenvalue weighted by Crippen LogP contribution is -2.55. The number of piperazine rings is 1. The zero-order valence-corrected chi connectivity index (χ0v) is 12.0. The molecule has 0 bridgehead atoms. The molecule has 0 radical (unpaired) electrons. The molecular formula is C13H17Cl2FN2. The minimum absolute atomic E-state index is 0.285. The van der Waals surface area contributed by atoms with E-state index in [4.69, 9.17) is 23.2 Å². The van der Waals surface area contributed by atoms with Crippen LogP contribution in [0.3, 0.4) is 0 Å². The van der Waals surface area contributed by atoms with E-state index < -0.39 is 5.82 Å². The fourth-order valence-electron chi connectivity index (χ4n) is 2.32. The van der Waals surface area contributed by atoms with Gasteiger partial charge in [-0.15, -0.1) is 0 Å². The first-order valence-corrected chi connectivity index (χ1v) is 6.93. The maximum Gasteiger partial charge on any atom is 0.126 e. The Bertz CT molecular complexity index is 416. The first-order valence-electron chi connectivity index (χ1n) is 6.17. The summed E-state index contributed by atoms with van der Waals surface area (Å²) >= 11 is 12.3. The molecule has 100 valence electrons. The number of halogens is 3. The van der Waals surface area contributed by atoms with Gasteiger partial charge in [-0.05, 0) is 25.5 Å². The van der Waals surface area contributed by atoms with Crippen LogP contribution in [-0.2, 0) is 0 Å². The third kappa shape index (κ3) is 2.73. The van der Waals surface area contributed by atoms with Gasteiger partial charge in [-0.1, -0.05) is 30.1 Å². The average molecular weight is 291 g/mol. The smallest absolute Gasteiger partial charge is 0.126 e. The molecule has 1 aromatic rings. The second-order valence-corrected chi connectivity index (χ2v) is 5.55. The molecule has 2 atom stereocenters. The molecule has 0 aromatic heterocycles. The van der Waals surface area contributed by atoms with Crippen LogP contribution in [0.1, 0.15) is 20.3 Å². The van der Waals surface area contributed by atoms with Crippen LogP contribution in [0.2, 0.25) is 10.0 Å². The van der Waals surface area contributed by atoms with Gasteiger partial charge in [0.2, 0.25) is 0 Å². The van der Waals surface area contributed by atoms with Crippen molar-refractivity contribution in [3.8, 4) is 0 Å². The monoisotopic (exact) mass is 290 g/mol. The largest absolute Gasteiger partial charge is 0.364 e. The Kier molecular flexibility index (Phi) is 4.36. The summed E-state index contributed by atoms with van der Waals surface area (Å²) in [6.45, 7) is 5.96. The van der Waals surface area contributed by atoms with Crippen molar-refractivity contribution in [2.45, 2.75) is 32.4 Å². The summed E-state index contributed by atoms with van der Waals surface area (Å²) in [6, 6.07) is 3.34. The van der Waals surface area contributed by atoms with Crippen LogP contribution in [0.15, 0.2) is 12.1 Å². The second kappa shape index (κ2) is 5.64. The molecule has 1 aromatic carbocycles. The lowest BCUT2D eigenvalue weighted by atomic mass is 10.1. The van der Waals surface area contributed by atoms with Crippen molar-refractivity contribution in [1.82, 2.24) is 5.32 Å². The Labute approximate surface area is 117 Å². The van der Waals surface area contributed by atoms with E-state index in [2.05, 4.69) is 24.1 Å².